The molecule has 0 heterocycles. The number of nitrogens with zero attached hydrogens (tertiary/aromatic N) is 1. The zero-order valence-corrected chi connectivity index (χ0v) is 14.5. The summed E-state index contributed by atoms with van der Waals surface area (Å²) in [4.78, 5) is 10.8. The molecule has 0 fully saturated rings. The molecule has 0 saturated heterocycles. The summed E-state index contributed by atoms with van der Waals surface area (Å²) in [7, 11) is -4.67. The van der Waals surface area contributed by atoms with Crippen LogP contribution in [0.3, 0.4) is 0 Å². The van der Waals surface area contributed by atoms with Crippen molar-refractivity contribution in [1.82, 2.24) is 0 Å². The summed E-state index contributed by atoms with van der Waals surface area (Å²) in [6.07, 6.45) is 3.16. The molecule has 2 aromatic carbocycles. The van der Waals surface area contributed by atoms with E-state index in [4.69, 9.17) is 22.6 Å². The van der Waals surface area contributed by atoms with Crippen molar-refractivity contribution >= 4 is 27.8 Å². The van der Waals surface area contributed by atoms with Gasteiger partial charge in [0.15, 0.2) is 0 Å². The number of hydrogen-bond donors (Lipinski definition) is 4. The van der Waals surface area contributed by atoms with E-state index < -0.39 is 16.4 Å². The number of aromatic carboxylic acids is 1. The van der Waals surface area contributed by atoms with Crippen LogP contribution in [0.15, 0.2) is 53.6 Å². The Bertz CT molecular complexity index is 899. The molecule has 0 aliphatic heterocycles. The number of carboxylic acid groups (broad SMARTS) is 1. The van der Waals surface area contributed by atoms with E-state index >= 15 is 0 Å². The lowest BCUT2D eigenvalue weighted by Crippen LogP contribution is -2.13. The van der Waals surface area contributed by atoms with Crippen LogP contribution in [0.25, 0.3) is 0 Å². The first-order chi connectivity index (χ1) is 12.2. The fourth-order valence-electron chi connectivity index (χ4n) is 2.54. The van der Waals surface area contributed by atoms with Crippen molar-refractivity contribution in [2.24, 2.45) is 5.10 Å². The van der Waals surface area contributed by atoms with Gasteiger partial charge in [-0.25, -0.2) is 4.79 Å². The lowest BCUT2D eigenvalue weighted by atomic mass is 9.90. The summed E-state index contributed by atoms with van der Waals surface area (Å²) in [5.74, 6) is -0.922. The van der Waals surface area contributed by atoms with Crippen molar-refractivity contribution in [2.75, 3.05) is 5.43 Å². The molecule has 138 valence electrons. The number of nitrogens with one attached hydrogen (secondary N) is 1. The molecule has 0 bridgehead atoms. The molecule has 0 amide bonds. The molecule has 0 unspecified atom stereocenters. The predicted octanol–water partition coefficient (Wildman–Crippen LogP) is 2.88. The van der Waals surface area contributed by atoms with Crippen molar-refractivity contribution in [3.05, 3.63) is 65.2 Å². The van der Waals surface area contributed by atoms with Crippen LogP contribution >= 0.6 is 0 Å². The van der Waals surface area contributed by atoms with Crippen LogP contribution in [-0.2, 0) is 16.8 Å². The van der Waals surface area contributed by atoms with Gasteiger partial charge in [0, 0.05) is 5.56 Å². The van der Waals surface area contributed by atoms with Gasteiger partial charge in [-0.15, -0.1) is 0 Å². The Morgan fingerprint density at radius 1 is 1.00 bits per heavy atom. The van der Waals surface area contributed by atoms with Gasteiger partial charge in [0.1, 0.15) is 0 Å². The molecular formula is C17H18N2O6S. The maximum atomic E-state index is 10.8. The van der Waals surface area contributed by atoms with Gasteiger partial charge in [0.25, 0.3) is 0 Å². The van der Waals surface area contributed by atoms with E-state index in [2.05, 4.69) is 28.7 Å². The van der Waals surface area contributed by atoms with Gasteiger partial charge in [0.05, 0.1) is 17.0 Å². The normalized spacial score (nSPS) is 14.8. The van der Waals surface area contributed by atoms with E-state index in [9.17, 15) is 4.79 Å². The maximum Gasteiger partial charge on any atom is 0.394 e. The van der Waals surface area contributed by atoms with Crippen LogP contribution in [0.1, 0.15) is 34.3 Å². The number of benzene rings is 2. The summed E-state index contributed by atoms with van der Waals surface area (Å²) in [6.45, 7) is 0. The van der Waals surface area contributed by atoms with Gasteiger partial charge < -0.3 is 5.11 Å². The first kappa shape index (κ1) is 19.6. The summed E-state index contributed by atoms with van der Waals surface area (Å²) in [5, 5.41) is 13.4. The SMILES string of the molecule is O=C(O)c1ccc(N/N=C2\CCCc3ccccc32)cc1.O=S(=O)(O)O. The molecule has 0 aromatic heterocycles. The summed E-state index contributed by atoms with van der Waals surface area (Å²) in [6, 6.07) is 14.9. The van der Waals surface area contributed by atoms with Crippen molar-refractivity contribution in [1.29, 1.82) is 0 Å². The highest BCUT2D eigenvalue weighted by Crippen LogP contribution is 2.21. The quantitative estimate of drug-likeness (QED) is 0.476. The van der Waals surface area contributed by atoms with Crippen LogP contribution in [0.2, 0.25) is 0 Å². The lowest BCUT2D eigenvalue weighted by molar-refractivity contribution is 0.0697. The van der Waals surface area contributed by atoms with Crippen LogP contribution in [0, 0.1) is 0 Å². The van der Waals surface area contributed by atoms with E-state index in [0.717, 1.165) is 30.7 Å². The molecule has 2 aromatic rings. The molecule has 0 spiro atoms. The third-order valence-electron chi connectivity index (χ3n) is 3.64. The fraction of sp³-hybridized carbons (Fsp3) is 0.176. The van der Waals surface area contributed by atoms with E-state index in [1.54, 1.807) is 24.3 Å². The predicted molar refractivity (Wildman–Crippen MR) is 97.1 cm³/mol. The number of carboxylic acids is 1. The minimum atomic E-state index is -4.67. The minimum Gasteiger partial charge on any atom is -0.478 e. The Kier molecular flexibility index (Phi) is 6.45. The second-order valence-electron chi connectivity index (χ2n) is 5.51. The number of rotatable bonds is 3. The largest absolute Gasteiger partial charge is 0.478 e. The van der Waals surface area contributed by atoms with Crippen LogP contribution in [0.4, 0.5) is 5.69 Å². The maximum absolute atomic E-state index is 10.8. The Morgan fingerprint density at radius 2 is 1.62 bits per heavy atom. The molecule has 8 nitrogen and oxygen atoms in total. The van der Waals surface area contributed by atoms with Gasteiger partial charge in [-0.3, -0.25) is 14.5 Å². The molecule has 26 heavy (non-hydrogen) atoms. The molecule has 1 aliphatic rings. The van der Waals surface area contributed by atoms with E-state index in [0.29, 0.717) is 0 Å². The number of anilines is 1. The van der Waals surface area contributed by atoms with E-state index in [1.165, 1.54) is 11.1 Å². The van der Waals surface area contributed by atoms with E-state index in [-0.39, 0.29) is 5.56 Å². The highest BCUT2D eigenvalue weighted by molar-refractivity contribution is 7.79. The van der Waals surface area contributed by atoms with Crippen molar-refractivity contribution in [2.45, 2.75) is 19.3 Å². The number of hydrazone groups is 1. The molecule has 3 rings (SSSR count). The second kappa shape index (κ2) is 8.56. The molecule has 0 saturated carbocycles. The number of aryl methyl sites for hydroxylation is 1. The fourth-order valence-corrected chi connectivity index (χ4v) is 2.54. The van der Waals surface area contributed by atoms with Crippen LogP contribution in [-0.4, -0.2) is 34.3 Å². The Labute approximate surface area is 150 Å². The zero-order valence-electron chi connectivity index (χ0n) is 13.7. The first-order valence-corrected chi connectivity index (χ1v) is 9.08. The van der Waals surface area contributed by atoms with Gasteiger partial charge in [-0.1, -0.05) is 24.3 Å². The van der Waals surface area contributed by atoms with Crippen LogP contribution < -0.4 is 5.43 Å². The van der Waals surface area contributed by atoms with Gasteiger partial charge >= 0.3 is 16.4 Å². The third-order valence-corrected chi connectivity index (χ3v) is 3.64. The monoisotopic (exact) mass is 378 g/mol. The zero-order chi connectivity index (χ0) is 19.2. The van der Waals surface area contributed by atoms with E-state index in [1.807, 2.05) is 6.07 Å². The topological polar surface area (TPSA) is 136 Å². The molecule has 0 radical (unpaired) electrons. The minimum absolute atomic E-state index is 0.274. The Hall–Kier alpha value is -2.75. The molecular weight excluding hydrogens is 360 g/mol. The number of hydrogen-bond acceptors (Lipinski definition) is 5. The van der Waals surface area contributed by atoms with Crippen molar-refractivity contribution in [3.8, 4) is 0 Å². The summed E-state index contributed by atoms with van der Waals surface area (Å²) >= 11 is 0. The molecule has 0 atom stereocenters. The Balaban J connectivity index is 0.000000431. The first-order valence-electron chi connectivity index (χ1n) is 7.68. The molecule has 4 N–H and O–H groups in total. The second-order valence-corrected chi connectivity index (χ2v) is 6.41. The Morgan fingerprint density at radius 3 is 2.23 bits per heavy atom. The van der Waals surface area contributed by atoms with Crippen molar-refractivity contribution < 1.29 is 27.4 Å². The average molecular weight is 378 g/mol. The number of fused-ring (bicyclic) bond motifs is 1. The highest BCUT2D eigenvalue weighted by Gasteiger charge is 2.14. The number of carbonyl (C=O) groups is 1. The smallest absolute Gasteiger partial charge is 0.394 e. The van der Waals surface area contributed by atoms with Gasteiger partial charge in [-0.05, 0) is 49.1 Å². The summed E-state index contributed by atoms with van der Waals surface area (Å²) < 4.78 is 31.6. The van der Waals surface area contributed by atoms with Crippen molar-refractivity contribution in [3.63, 3.8) is 0 Å². The standard InChI is InChI=1S/C17H16N2O2.H2O4S/c20-17(21)13-8-10-14(11-9-13)18-19-16-7-3-5-12-4-1-2-6-15(12)16;1-5(2,3)4/h1-2,4,6,8-11,18H,3,5,7H2,(H,20,21);(H2,1,2,3,4)/b19-16+;. The van der Waals surface area contributed by atoms with Gasteiger partial charge in [-0.2, -0.15) is 13.5 Å². The van der Waals surface area contributed by atoms with Gasteiger partial charge in [0.2, 0.25) is 0 Å². The molecule has 1 aliphatic carbocycles. The molecule has 9 heteroatoms. The highest BCUT2D eigenvalue weighted by atomic mass is 32.3. The van der Waals surface area contributed by atoms with Crippen LogP contribution in [0.5, 0.6) is 0 Å². The lowest BCUT2D eigenvalue weighted by Gasteiger charge is -2.17. The summed E-state index contributed by atoms with van der Waals surface area (Å²) in [5.41, 5.74) is 7.68. The average Bonchev–Trinajstić information content (AvgIpc) is 2.59. The third kappa shape index (κ3) is 6.28.